The molecular formula is C17H39NSi2. The van der Waals surface area contributed by atoms with Crippen LogP contribution in [0.2, 0.25) is 26.7 Å². The van der Waals surface area contributed by atoms with Crippen LogP contribution >= 0.6 is 0 Å². The number of hydrogen-bond acceptors (Lipinski definition) is 1. The van der Waals surface area contributed by atoms with Crippen molar-refractivity contribution < 1.29 is 0 Å². The summed E-state index contributed by atoms with van der Waals surface area (Å²) in [7, 11) is -2.58. The Labute approximate surface area is 131 Å². The maximum absolute atomic E-state index is 5.73. The fraction of sp³-hybridized carbons (Fsp3) is 1.00. The molecule has 0 fully saturated rings. The van der Waals surface area contributed by atoms with Crippen molar-refractivity contribution in [1.82, 2.24) is 0 Å². The molecule has 0 amide bonds. The Balaban J connectivity index is 6.31. The highest BCUT2D eigenvalue weighted by Gasteiger charge is 2.50. The van der Waals surface area contributed by atoms with E-state index in [1.54, 1.807) is 0 Å². The smallest absolute Gasteiger partial charge is 0.174 e. The third-order valence-corrected chi connectivity index (χ3v) is 16.0. The fourth-order valence-corrected chi connectivity index (χ4v) is 14.8. The molecule has 0 saturated heterocycles. The van der Waals surface area contributed by atoms with Gasteiger partial charge in [0.15, 0.2) is 8.24 Å². The van der Waals surface area contributed by atoms with E-state index in [2.05, 4.69) is 89.6 Å². The van der Waals surface area contributed by atoms with E-state index in [-0.39, 0.29) is 0 Å². The van der Waals surface area contributed by atoms with Crippen LogP contribution in [-0.4, -0.2) is 16.8 Å². The van der Waals surface area contributed by atoms with Gasteiger partial charge in [-0.2, -0.15) is 0 Å². The quantitative estimate of drug-likeness (QED) is 0.461. The van der Waals surface area contributed by atoms with E-state index in [0.717, 1.165) is 0 Å². The largest absolute Gasteiger partial charge is 0.365 e. The summed E-state index contributed by atoms with van der Waals surface area (Å²) in [5.74, 6) is 0. The summed E-state index contributed by atoms with van der Waals surface area (Å²) >= 11 is 0. The summed E-state index contributed by atoms with van der Waals surface area (Å²) in [6.07, 6.45) is 0. The van der Waals surface area contributed by atoms with E-state index < -0.39 is 16.8 Å². The molecule has 0 aromatic rings. The van der Waals surface area contributed by atoms with E-state index in [4.69, 9.17) is 4.30 Å². The zero-order valence-corrected chi connectivity index (χ0v) is 18.4. The Hall–Kier alpha value is 0.234. The predicted octanol–water partition coefficient (Wildman–Crippen LogP) is 7.02. The van der Waals surface area contributed by atoms with Crippen LogP contribution in [-0.2, 0) is 0 Å². The normalized spacial score (nSPS) is 15.2. The van der Waals surface area contributed by atoms with Gasteiger partial charge in [0.1, 0.15) is 8.59 Å². The van der Waals surface area contributed by atoms with Gasteiger partial charge in [-0.15, -0.1) is 0 Å². The van der Waals surface area contributed by atoms with Crippen molar-refractivity contribution in [3.05, 3.63) is 0 Å². The van der Waals surface area contributed by atoms with E-state index >= 15 is 0 Å². The van der Waals surface area contributed by atoms with Crippen molar-refractivity contribution in [2.45, 2.75) is 110 Å². The van der Waals surface area contributed by atoms with Crippen LogP contribution < -0.4 is 0 Å². The lowest BCUT2D eigenvalue weighted by Crippen LogP contribution is -2.50. The molecular weight excluding hydrogens is 274 g/mol. The minimum atomic E-state index is -1.76. The predicted molar refractivity (Wildman–Crippen MR) is 98.7 cm³/mol. The van der Waals surface area contributed by atoms with E-state index in [0.29, 0.717) is 20.2 Å². The lowest BCUT2D eigenvalue weighted by Gasteiger charge is -2.48. The first-order valence-corrected chi connectivity index (χ1v) is 11.8. The van der Waals surface area contributed by atoms with Crippen LogP contribution in [0.1, 0.15) is 83.1 Å². The second-order valence-electron chi connectivity index (χ2n) is 10.5. The van der Waals surface area contributed by atoms with Gasteiger partial charge in [-0.25, -0.2) is 0 Å². The van der Waals surface area contributed by atoms with Crippen LogP contribution in [0, 0.1) is 0 Å². The molecule has 20 heavy (non-hydrogen) atoms. The minimum absolute atomic E-state index is 0.303. The molecule has 0 bridgehead atoms. The Morgan fingerprint density at radius 3 is 1.00 bits per heavy atom. The van der Waals surface area contributed by atoms with Gasteiger partial charge in [-0.3, -0.25) is 0 Å². The van der Waals surface area contributed by atoms with Crippen molar-refractivity contribution in [2.75, 3.05) is 0 Å². The Morgan fingerprint density at radius 2 is 0.850 bits per heavy atom. The second-order valence-corrected chi connectivity index (χ2v) is 20.3. The first kappa shape index (κ1) is 20.2. The molecule has 0 rings (SSSR count). The van der Waals surface area contributed by atoms with Gasteiger partial charge < -0.3 is 4.30 Å². The molecule has 0 aromatic carbocycles. The molecule has 0 atom stereocenters. The average molecular weight is 314 g/mol. The van der Waals surface area contributed by atoms with Gasteiger partial charge >= 0.3 is 0 Å². The molecule has 1 nitrogen and oxygen atoms in total. The standard InChI is InChI=1S/C17H39NSi2/c1-14(2,3)19(15(4,5)6)18-20(13,16(7,8)9)17(10,11)12/h1-13H3. The first-order valence-electron chi connectivity index (χ1n) is 7.95. The first-order chi connectivity index (χ1) is 8.34. The van der Waals surface area contributed by atoms with Gasteiger partial charge in [0, 0.05) is 0 Å². The minimum Gasteiger partial charge on any atom is -0.365 e. The van der Waals surface area contributed by atoms with Crippen molar-refractivity contribution in [1.29, 1.82) is 0 Å². The summed E-state index contributed by atoms with van der Waals surface area (Å²) in [6, 6.07) is 0. The van der Waals surface area contributed by atoms with Gasteiger partial charge in [-0.05, 0) is 26.7 Å². The molecule has 0 aliphatic heterocycles. The van der Waals surface area contributed by atoms with Crippen LogP contribution in [0.4, 0.5) is 0 Å². The van der Waals surface area contributed by atoms with Gasteiger partial charge in [0.25, 0.3) is 0 Å². The van der Waals surface area contributed by atoms with Gasteiger partial charge in [0.2, 0.25) is 0 Å². The molecule has 3 heteroatoms. The summed E-state index contributed by atoms with van der Waals surface area (Å²) in [4.78, 5) is 0. The fourth-order valence-electron chi connectivity index (χ4n) is 3.14. The molecule has 120 valence electrons. The van der Waals surface area contributed by atoms with E-state index in [1.165, 1.54) is 0 Å². The van der Waals surface area contributed by atoms with Crippen molar-refractivity contribution >= 4 is 16.8 Å². The molecule has 0 aliphatic rings. The topological polar surface area (TPSA) is 12.4 Å². The summed E-state index contributed by atoms with van der Waals surface area (Å²) in [5.41, 5.74) is 0. The van der Waals surface area contributed by atoms with Crippen LogP contribution in [0.15, 0.2) is 4.30 Å². The number of rotatable bonds is 1. The summed E-state index contributed by atoms with van der Waals surface area (Å²) in [6.45, 7) is 31.2. The monoisotopic (exact) mass is 313 g/mol. The Bertz CT molecular complexity index is 338. The van der Waals surface area contributed by atoms with E-state index in [9.17, 15) is 0 Å². The highest BCUT2D eigenvalue weighted by Crippen LogP contribution is 2.53. The maximum atomic E-state index is 5.73. The molecule has 0 aromatic heterocycles. The molecule has 0 radical (unpaired) electrons. The summed E-state index contributed by atoms with van der Waals surface area (Å²) in [5, 5.41) is 1.23. The molecule has 0 N–H and O–H groups in total. The zero-order chi connectivity index (χ0) is 16.8. The lowest BCUT2D eigenvalue weighted by molar-refractivity contribution is 0.608. The second kappa shape index (κ2) is 5.46. The lowest BCUT2D eigenvalue weighted by atomic mass is 10.2. The third kappa shape index (κ3) is 4.36. The highest BCUT2D eigenvalue weighted by atomic mass is 28.4. The Morgan fingerprint density at radius 1 is 0.600 bits per heavy atom. The number of nitrogens with zero attached hydrogens (tertiary/aromatic N) is 1. The molecule has 0 aliphatic carbocycles. The van der Waals surface area contributed by atoms with E-state index in [1.807, 2.05) is 0 Å². The van der Waals surface area contributed by atoms with Gasteiger partial charge in [-0.1, -0.05) is 83.1 Å². The van der Waals surface area contributed by atoms with Crippen LogP contribution in [0.3, 0.4) is 0 Å². The Kier molecular flexibility index (Phi) is 5.52. The SMILES string of the molecule is CC(C)(C)[Si](=N[Si](C)(C(C)(C)C)C(C)(C)C)C(C)(C)C. The number of hydrogen-bond donors (Lipinski definition) is 0. The molecule has 0 heterocycles. The summed E-state index contributed by atoms with van der Waals surface area (Å²) < 4.78 is 5.73. The zero-order valence-electron chi connectivity index (χ0n) is 16.4. The van der Waals surface area contributed by atoms with Crippen molar-refractivity contribution in [3.8, 4) is 0 Å². The average Bonchev–Trinajstić information content (AvgIpc) is 2.05. The maximum Gasteiger partial charge on any atom is 0.174 e. The molecule has 0 spiro atoms. The highest BCUT2D eigenvalue weighted by molar-refractivity contribution is 6.86. The van der Waals surface area contributed by atoms with Gasteiger partial charge in [0.05, 0.1) is 0 Å². The molecule has 0 saturated carbocycles. The van der Waals surface area contributed by atoms with Crippen molar-refractivity contribution in [2.24, 2.45) is 4.30 Å². The van der Waals surface area contributed by atoms with Crippen LogP contribution in [0.5, 0.6) is 0 Å². The third-order valence-electron chi connectivity index (χ3n) is 4.68. The van der Waals surface area contributed by atoms with Crippen molar-refractivity contribution in [3.63, 3.8) is 0 Å². The molecule has 0 unspecified atom stereocenters. The van der Waals surface area contributed by atoms with Crippen LogP contribution in [0.25, 0.3) is 0 Å².